The van der Waals surface area contributed by atoms with Crippen molar-refractivity contribution in [2.45, 2.75) is 32.4 Å². The van der Waals surface area contributed by atoms with Crippen LogP contribution in [0.1, 0.15) is 36.1 Å². The lowest BCUT2D eigenvalue weighted by Crippen LogP contribution is -2.19. The summed E-state index contributed by atoms with van der Waals surface area (Å²) in [6.07, 6.45) is 2.34. The molecule has 0 aliphatic carbocycles. The first-order valence-corrected chi connectivity index (χ1v) is 6.99. The molecule has 1 aromatic carbocycles. The molecule has 6 heteroatoms. The Balaban J connectivity index is 0.00000147. The predicted molar refractivity (Wildman–Crippen MR) is 82.5 cm³/mol. The van der Waals surface area contributed by atoms with Crippen molar-refractivity contribution in [3.63, 3.8) is 0 Å². The molecule has 0 amide bonds. The Morgan fingerprint density at radius 1 is 1.30 bits per heavy atom. The van der Waals surface area contributed by atoms with Gasteiger partial charge in [0.2, 0.25) is 0 Å². The Morgan fingerprint density at radius 3 is 2.70 bits per heavy atom. The van der Waals surface area contributed by atoms with Gasteiger partial charge in [-0.15, -0.1) is 22.6 Å². The number of nitrogens with one attached hydrogen (secondary N) is 1. The van der Waals surface area contributed by atoms with E-state index >= 15 is 0 Å². The third-order valence-corrected chi connectivity index (χ3v) is 3.84. The summed E-state index contributed by atoms with van der Waals surface area (Å²) in [5, 5.41) is 12.8. The molecular formula is C14H18Cl2N4. The van der Waals surface area contributed by atoms with E-state index in [0.29, 0.717) is 6.04 Å². The number of halogens is 2. The fraction of sp³-hybridized carbons (Fsp3) is 0.429. The number of rotatable bonds is 3. The highest BCUT2D eigenvalue weighted by molar-refractivity contribution is 6.30. The quantitative estimate of drug-likeness (QED) is 0.946. The van der Waals surface area contributed by atoms with Crippen molar-refractivity contribution in [2.75, 3.05) is 6.54 Å². The highest BCUT2D eigenvalue weighted by atomic mass is 35.5. The van der Waals surface area contributed by atoms with Crippen LogP contribution in [0.5, 0.6) is 0 Å². The van der Waals surface area contributed by atoms with Crippen LogP contribution in [-0.2, 0) is 6.54 Å². The van der Waals surface area contributed by atoms with Crippen molar-refractivity contribution in [2.24, 2.45) is 0 Å². The van der Waals surface area contributed by atoms with Crippen LogP contribution in [0, 0.1) is 6.92 Å². The van der Waals surface area contributed by atoms with E-state index < -0.39 is 0 Å². The molecule has 2 aromatic rings. The van der Waals surface area contributed by atoms with Gasteiger partial charge in [-0.2, -0.15) is 0 Å². The number of benzene rings is 1. The normalized spacial score (nSPS) is 18.0. The first-order chi connectivity index (χ1) is 9.24. The minimum atomic E-state index is 0. The Morgan fingerprint density at radius 2 is 2.05 bits per heavy atom. The fourth-order valence-electron chi connectivity index (χ4n) is 2.53. The van der Waals surface area contributed by atoms with Crippen LogP contribution in [0.4, 0.5) is 0 Å². The second-order valence-corrected chi connectivity index (χ2v) is 5.40. The van der Waals surface area contributed by atoms with Crippen LogP contribution in [0.3, 0.4) is 0 Å². The van der Waals surface area contributed by atoms with E-state index in [0.717, 1.165) is 36.2 Å². The molecule has 1 unspecified atom stereocenters. The van der Waals surface area contributed by atoms with Gasteiger partial charge in [0.25, 0.3) is 0 Å². The maximum atomic E-state index is 5.92. The van der Waals surface area contributed by atoms with Crippen molar-refractivity contribution < 1.29 is 0 Å². The lowest BCUT2D eigenvalue weighted by atomic mass is 10.2. The summed E-state index contributed by atoms with van der Waals surface area (Å²) < 4.78 is 2.19. The average Bonchev–Trinajstić information content (AvgIpc) is 3.03. The first kappa shape index (κ1) is 15.3. The Kier molecular flexibility index (Phi) is 5.02. The van der Waals surface area contributed by atoms with Gasteiger partial charge in [0.15, 0.2) is 5.82 Å². The Labute approximate surface area is 130 Å². The molecule has 0 radical (unpaired) electrons. The first-order valence-electron chi connectivity index (χ1n) is 6.61. The van der Waals surface area contributed by atoms with Gasteiger partial charge in [-0.3, -0.25) is 0 Å². The molecule has 108 valence electrons. The van der Waals surface area contributed by atoms with E-state index in [2.05, 4.69) is 20.1 Å². The van der Waals surface area contributed by atoms with Crippen molar-refractivity contribution in [3.8, 4) is 0 Å². The monoisotopic (exact) mass is 312 g/mol. The summed E-state index contributed by atoms with van der Waals surface area (Å²) in [6.45, 7) is 3.86. The van der Waals surface area contributed by atoms with Gasteiger partial charge in [0.05, 0.1) is 12.6 Å². The molecule has 1 aliphatic heterocycles. The van der Waals surface area contributed by atoms with Crippen LogP contribution in [0.2, 0.25) is 5.02 Å². The van der Waals surface area contributed by atoms with E-state index in [4.69, 9.17) is 11.6 Å². The van der Waals surface area contributed by atoms with Crippen LogP contribution in [-0.4, -0.2) is 21.3 Å². The molecule has 1 fully saturated rings. The zero-order chi connectivity index (χ0) is 13.2. The average molecular weight is 313 g/mol. The molecule has 1 N–H and O–H groups in total. The van der Waals surface area contributed by atoms with Gasteiger partial charge in [0.1, 0.15) is 5.82 Å². The molecule has 1 aromatic heterocycles. The van der Waals surface area contributed by atoms with Crippen molar-refractivity contribution in [3.05, 3.63) is 46.5 Å². The smallest absolute Gasteiger partial charge is 0.150 e. The molecule has 20 heavy (non-hydrogen) atoms. The van der Waals surface area contributed by atoms with Gasteiger partial charge in [-0.25, -0.2) is 0 Å². The standard InChI is InChI=1S/C14H17ClN4.ClH/c1-10-17-18-14(13-3-2-8-16-13)19(10)9-11-4-6-12(15)7-5-11;/h4-7,13,16H,2-3,8-9H2,1H3;1H. The van der Waals surface area contributed by atoms with Crippen LogP contribution >= 0.6 is 24.0 Å². The molecular weight excluding hydrogens is 295 g/mol. The molecule has 0 bridgehead atoms. The zero-order valence-corrected chi connectivity index (χ0v) is 12.9. The number of hydrogen-bond donors (Lipinski definition) is 1. The highest BCUT2D eigenvalue weighted by Crippen LogP contribution is 2.23. The molecule has 4 nitrogen and oxygen atoms in total. The highest BCUT2D eigenvalue weighted by Gasteiger charge is 2.22. The molecule has 1 saturated heterocycles. The maximum absolute atomic E-state index is 5.92. The van der Waals surface area contributed by atoms with Gasteiger partial charge in [-0.1, -0.05) is 23.7 Å². The number of aryl methyl sites for hydroxylation is 1. The van der Waals surface area contributed by atoms with E-state index in [1.807, 2.05) is 31.2 Å². The topological polar surface area (TPSA) is 42.7 Å². The van der Waals surface area contributed by atoms with Gasteiger partial charge in [0, 0.05) is 5.02 Å². The second-order valence-electron chi connectivity index (χ2n) is 4.97. The molecule has 2 heterocycles. The minimum Gasteiger partial charge on any atom is -0.309 e. The number of hydrogen-bond acceptors (Lipinski definition) is 3. The maximum Gasteiger partial charge on any atom is 0.150 e. The fourth-order valence-corrected chi connectivity index (χ4v) is 2.65. The summed E-state index contributed by atoms with van der Waals surface area (Å²) in [5.74, 6) is 2.00. The number of nitrogens with zero attached hydrogens (tertiary/aromatic N) is 3. The van der Waals surface area contributed by atoms with Crippen LogP contribution < -0.4 is 5.32 Å². The van der Waals surface area contributed by atoms with E-state index in [9.17, 15) is 0 Å². The van der Waals surface area contributed by atoms with E-state index in [-0.39, 0.29) is 12.4 Å². The van der Waals surface area contributed by atoms with E-state index in [1.54, 1.807) is 0 Å². The Bertz CT molecular complexity index is 559. The SMILES string of the molecule is Cc1nnc(C2CCCN2)n1Cc1ccc(Cl)cc1.Cl. The summed E-state index contributed by atoms with van der Waals surface area (Å²) >= 11 is 5.92. The Hall–Kier alpha value is -1.10. The van der Waals surface area contributed by atoms with Gasteiger partial charge >= 0.3 is 0 Å². The van der Waals surface area contributed by atoms with Crippen molar-refractivity contribution >= 4 is 24.0 Å². The van der Waals surface area contributed by atoms with Crippen LogP contribution in [0.25, 0.3) is 0 Å². The molecule has 1 aliphatic rings. The summed E-state index contributed by atoms with van der Waals surface area (Å²) in [6, 6.07) is 8.28. The van der Waals surface area contributed by atoms with Gasteiger partial charge < -0.3 is 9.88 Å². The summed E-state index contributed by atoms with van der Waals surface area (Å²) in [5.41, 5.74) is 1.21. The van der Waals surface area contributed by atoms with E-state index in [1.165, 1.54) is 12.0 Å². The third kappa shape index (κ3) is 3.14. The van der Waals surface area contributed by atoms with Crippen LogP contribution in [0.15, 0.2) is 24.3 Å². The zero-order valence-electron chi connectivity index (χ0n) is 11.3. The predicted octanol–water partition coefficient (Wildman–Crippen LogP) is 3.13. The lowest BCUT2D eigenvalue weighted by molar-refractivity contribution is 0.560. The van der Waals surface area contributed by atoms with Crippen molar-refractivity contribution in [1.29, 1.82) is 0 Å². The summed E-state index contributed by atoms with van der Waals surface area (Å²) in [4.78, 5) is 0. The largest absolute Gasteiger partial charge is 0.309 e. The molecule has 1 atom stereocenters. The van der Waals surface area contributed by atoms with Crippen molar-refractivity contribution in [1.82, 2.24) is 20.1 Å². The molecule has 0 spiro atoms. The summed E-state index contributed by atoms with van der Waals surface area (Å²) in [7, 11) is 0. The molecule has 0 saturated carbocycles. The number of aromatic nitrogens is 3. The third-order valence-electron chi connectivity index (χ3n) is 3.59. The molecule has 3 rings (SSSR count). The lowest BCUT2D eigenvalue weighted by Gasteiger charge is -2.13. The minimum absolute atomic E-state index is 0. The second kappa shape index (κ2) is 6.57. The van der Waals surface area contributed by atoms with Gasteiger partial charge in [-0.05, 0) is 44.0 Å².